The van der Waals surface area contributed by atoms with Crippen LogP contribution in [0.4, 0.5) is 15.9 Å². The van der Waals surface area contributed by atoms with Gasteiger partial charge in [0.2, 0.25) is 14.0 Å². The monoisotopic (exact) mass is 433 g/mol. The molecule has 1 aromatic heterocycles. The topological polar surface area (TPSA) is 50.0 Å². The summed E-state index contributed by atoms with van der Waals surface area (Å²) in [5.41, 5.74) is -0.474. The maximum Gasteiger partial charge on any atom is 0.250 e. The molecule has 2 aromatic rings. The highest BCUT2D eigenvalue weighted by Gasteiger charge is 2.45. The summed E-state index contributed by atoms with van der Waals surface area (Å²) in [5, 5.41) is 11.5. The molecule has 0 unspecified atom stereocenters. The van der Waals surface area contributed by atoms with Crippen molar-refractivity contribution in [2.45, 2.75) is 44.5 Å². The number of rotatable bonds is 4. The summed E-state index contributed by atoms with van der Waals surface area (Å²) in [7, 11) is -2.00. The van der Waals surface area contributed by atoms with Crippen LogP contribution in [-0.2, 0) is 5.60 Å². The first-order valence-corrected chi connectivity index (χ1v) is 12.6. The van der Waals surface area contributed by atoms with Gasteiger partial charge in [-0.05, 0) is 36.3 Å². The predicted molar refractivity (Wildman–Crippen MR) is 116 cm³/mol. The van der Waals surface area contributed by atoms with E-state index in [0.29, 0.717) is 16.3 Å². The third-order valence-electron chi connectivity index (χ3n) is 5.76. The molecule has 0 saturated carbocycles. The van der Waals surface area contributed by atoms with Gasteiger partial charge in [-0.2, -0.15) is 0 Å². The molecule has 5 nitrogen and oxygen atoms in total. The molecule has 1 aliphatic heterocycles. The van der Waals surface area contributed by atoms with E-state index in [-0.39, 0.29) is 29.6 Å². The number of benzene rings is 1. The molecule has 154 valence electrons. The normalized spacial score (nSPS) is 16.2. The Bertz CT molecular complexity index is 979. The maximum atomic E-state index is 14.2. The van der Waals surface area contributed by atoms with E-state index in [2.05, 4.69) is 43.7 Å². The molecule has 1 fully saturated rings. The van der Waals surface area contributed by atoms with Crippen molar-refractivity contribution in [3.8, 4) is 5.75 Å². The van der Waals surface area contributed by atoms with Crippen molar-refractivity contribution in [2.75, 3.05) is 18.0 Å². The van der Waals surface area contributed by atoms with Crippen LogP contribution in [0.2, 0.25) is 23.2 Å². The molecule has 1 N–H and O–H groups in total. The Morgan fingerprint density at radius 1 is 1.31 bits per heavy atom. The number of hydrogen-bond acceptors (Lipinski definition) is 4. The Balaban J connectivity index is 1.76. The van der Waals surface area contributed by atoms with Crippen molar-refractivity contribution in [1.29, 1.82) is 0 Å². The molecule has 0 amide bonds. The van der Waals surface area contributed by atoms with Crippen LogP contribution in [0.3, 0.4) is 0 Å². The summed E-state index contributed by atoms with van der Waals surface area (Å²) in [6, 6.07) is 6.48. The van der Waals surface area contributed by atoms with Gasteiger partial charge in [-0.15, -0.1) is 0 Å². The lowest BCUT2D eigenvalue weighted by molar-refractivity contribution is 0.00675. The summed E-state index contributed by atoms with van der Waals surface area (Å²) in [6.07, 6.45) is 1.32. The Kier molecular flexibility index (Phi) is 5.41. The molecule has 29 heavy (non-hydrogen) atoms. The molecule has 8 heteroatoms. The number of halogens is 2. The van der Waals surface area contributed by atoms with Crippen LogP contribution in [0.1, 0.15) is 26.3 Å². The van der Waals surface area contributed by atoms with E-state index in [1.165, 1.54) is 6.20 Å². The third-order valence-corrected chi connectivity index (χ3v) is 10.4. The van der Waals surface area contributed by atoms with Crippen molar-refractivity contribution in [2.24, 2.45) is 0 Å². The molecule has 0 aliphatic carbocycles. The minimum atomic E-state index is -2.00. The van der Waals surface area contributed by atoms with Crippen molar-refractivity contribution in [3.63, 3.8) is 0 Å². The fraction of sp³-hybridized carbons (Fsp3) is 0.429. The number of β-amino-alcohol motifs (C(OH)–C–C–N with tert-alkyl or cyclic N) is 1. The molecule has 0 atom stereocenters. The molecular weight excluding hydrogens is 409 g/mol. The van der Waals surface area contributed by atoms with Gasteiger partial charge in [0, 0.05) is 11.8 Å². The predicted octanol–water partition coefficient (Wildman–Crippen LogP) is 5.52. The first kappa shape index (κ1) is 21.6. The molecule has 1 saturated heterocycles. The maximum absolute atomic E-state index is 14.2. The van der Waals surface area contributed by atoms with Crippen molar-refractivity contribution >= 4 is 31.4 Å². The lowest BCUT2D eigenvalue weighted by Gasteiger charge is -2.47. The average molecular weight is 434 g/mol. The first-order chi connectivity index (χ1) is 13.4. The number of pyridine rings is 1. The number of hydrogen-bond donors (Lipinski definition) is 1. The van der Waals surface area contributed by atoms with Crippen LogP contribution in [0.15, 0.2) is 30.5 Å². The van der Waals surface area contributed by atoms with Crippen LogP contribution in [0, 0.1) is 12.4 Å². The van der Waals surface area contributed by atoms with Gasteiger partial charge in [-0.3, -0.25) is 0 Å². The molecule has 2 heterocycles. The van der Waals surface area contributed by atoms with Gasteiger partial charge in [0.15, 0.2) is 11.6 Å². The minimum Gasteiger partial charge on any atom is -0.543 e. The van der Waals surface area contributed by atoms with Gasteiger partial charge in [-0.25, -0.2) is 14.2 Å². The molecule has 0 spiro atoms. The highest BCUT2D eigenvalue weighted by Crippen LogP contribution is 2.42. The molecule has 0 radical (unpaired) electrons. The zero-order valence-electron chi connectivity index (χ0n) is 17.3. The summed E-state index contributed by atoms with van der Waals surface area (Å²) >= 11 is 6.47. The molecule has 0 bridgehead atoms. The first-order valence-electron chi connectivity index (χ1n) is 9.36. The summed E-state index contributed by atoms with van der Waals surface area (Å²) in [4.78, 5) is 8.80. The van der Waals surface area contributed by atoms with E-state index in [4.69, 9.17) is 22.6 Å². The summed E-state index contributed by atoms with van der Waals surface area (Å²) in [6.45, 7) is 18.1. The molecule has 3 rings (SSSR count). The number of aromatic nitrogens is 1. The highest BCUT2D eigenvalue weighted by atomic mass is 35.5. The van der Waals surface area contributed by atoms with Gasteiger partial charge in [-0.1, -0.05) is 38.4 Å². The number of nitrogens with zero attached hydrogens (tertiary/aromatic N) is 3. The van der Waals surface area contributed by atoms with E-state index in [1.54, 1.807) is 17.0 Å². The Hall–Kier alpha value is -2.14. The van der Waals surface area contributed by atoms with Gasteiger partial charge >= 0.3 is 0 Å². The fourth-order valence-corrected chi connectivity index (χ4v) is 4.37. The van der Waals surface area contributed by atoms with Crippen LogP contribution in [0.5, 0.6) is 5.75 Å². The Labute approximate surface area is 177 Å². The highest BCUT2D eigenvalue weighted by molar-refractivity contribution is 6.74. The Morgan fingerprint density at radius 3 is 2.48 bits per heavy atom. The molecule has 1 aromatic carbocycles. The Morgan fingerprint density at radius 2 is 1.97 bits per heavy atom. The van der Waals surface area contributed by atoms with Crippen molar-refractivity contribution in [3.05, 3.63) is 58.3 Å². The molecular formula is C21H25ClFN3O2Si. The van der Waals surface area contributed by atoms with Crippen LogP contribution < -0.4 is 9.33 Å². The zero-order chi connectivity index (χ0) is 21.6. The van der Waals surface area contributed by atoms with Gasteiger partial charge in [0.1, 0.15) is 11.4 Å². The molecule has 1 aliphatic rings. The number of aliphatic hydroxyl groups is 1. The van der Waals surface area contributed by atoms with Gasteiger partial charge in [0.05, 0.1) is 24.7 Å². The zero-order valence-corrected chi connectivity index (χ0v) is 19.0. The largest absolute Gasteiger partial charge is 0.543 e. The lowest BCUT2D eigenvalue weighted by Crippen LogP contribution is -2.60. The smallest absolute Gasteiger partial charge is 0.250 e. The van der Waals surface area contributed by atoms with E-state index in [0.717, 1.165) is 6.07 Å². The second-order valence-corrected chi connectivity index (χ2v) is 14.1. The summed E-state index contributed by atoms with van der Waals surface area (Å²) in [5.74, 6) is 0.230. The SMILES string of the molecule is [C-]#[N+]c1cnc(N2CC(O)(c3ccc(O[Si](C)(C)C(C)(C)C)cc3Cl)C2)c(F)c1. The van der Waals surface area contributed by atoms with Crippen LogP contribution in [-0.4, -0.2) is 31.5 Å². The van der Waals surface area contributed by atoms with E-state index in [1.807, 2.05) is 6.07 Å². The second-order valence-electron chi connectivity index (χ2n) is 9.00. The van der Waals surface area contributed by atoms with E-state index >= 15 is 0 Å². The van der Waals surface area contributed by atoms with E-state index in [9.17, 15) is 9.50 Å². The van der Waals surface area contributed by atoms with Crippen molar-refractivity contribution < 1.29 is 13.9 Å². The van der Waals surface area contributed by atoms with Crippen molar-refractivity contribution in [1.82, 2.24) is 4.98 Å². The van der Waals surface area contributed by atoms with Crippen LogP contribution >= 0.6 is 11.6 Å². The second kappa shape index (κ2) is 7.28. The van der Waals surface area contributed by atoms with Gasteiger partial charge in [0.25, 0.3) is 0 Å². The van der Waals surface area contributed by atoms with E-state index < -0.39 is 19.7 Å². The number of anilines is 1. The summed E-state index contributed by atoms with van der Waals surface area (Å²) < 4.78 is 20.5. The quantitative estimate of drug-likeness (QED) is 0.509. The standard InChI is InChI=1S/C21H25ClFN3O2Si/c1-20(2,3)29(5,6)28-15-7-8-16(17(22)10-15)21(27)12-26(13-21)19-18(23)9-14(24-4)11-25-19/h7-11,27H,12-13H2,1-3,5-6H3. The third kappa shape index (κ3) is 4.11. The minimum absolute atomic E-state index is 0.0602. The fourth-order valence-electron chi connectivity index (χ4n) is 3.00. The van der Waals surface area contributed by atoms with Crippen LogP contribution in [0.25, 0.3) is 4.85 Å². The average Bonchev–Trinajstić information content (AvgIpc) is 2.58. The van der Waals surface area contributed by atoms with Gasteiger partial charge < -0.3 is 14.4 Å². The lowest BCUT2D eigenvalue weighted by atomic mass is 9.86.